The van der Waals surface area contributed by atoms with Crippen molar-refractivity contribution in [2.75, 3.05) is 5.32 Å². The van der Waals surface area contributed by atoms with Crippen molar-refractivity contribution in [3.05, 3.63) is 59.7 Å². The van der Waals surface area contributed by atoms with Gasteiger partial charge in [-0.05, 0) is 61.0 Å². The lowest BCUT2D eigenvalue weighted by Gasteiger charge is -2.12. The lowest BCUT2D eigenvalue weighted by Crippen LogP contribution is -2.23. The topological polar surface area (TPSA) is 72.7 Å². The minimum atomic E-state index is -0.337. The zero-order valence-corrected chi connectivity index (χ0v) is 15.1. The van der Waals surface area contributed by atoms with Crippen LogP contribution in [0.15, 0.2) is 53.7 Å². The summed E-state index contributed by atoms with van der Waals surface area (Å²) in [7, 11) is 0. The number of aryl methyl sites for hydroxylation is 2. The molecule has 3 rings (SSSR count). The van der Waals surface area contributed by atoms with E-state index in [2.05, 4.69) is 20.8 Å². The second-order valence-corrected chi connectivity index (χ2v) is 7.14. The highest BCUT2D eigenvalue weighted by molar-refractivity contribution is 8.00. The number of carbonyl (C=O) groups excluding carboxylic acids is 1. The number of carbonyl (C=O) groups is 1. The molecule has 1 aromatic heterocycles. The Morgan fingerprint density at radius 1 is 1.12 bits per heavy atom. The number of benzene rings is 2. The summed E-state index contributed by atoms with van der Waals surface area (Å²) in [5, 5.41) is 15.0. The Labute approximate surface area is 150 Å². The molecule has 0 saturated heterocycles. The van der Waals surface area contributed by atoms with Crippen molar-refractivity contribution in [2.45, 2.75) is 31.2 Å². The third kappa shape index (κ3) is 4.24. The Morgan fingerprint density at radius 3 is 2.60 bits per heavy atom. The molecule has 0 bridgehead atoms. The Kier molecular flexibility index (Phi) is 5.14. The number of thioether (sulfide) groups is 1. The molecular formula is C18H19N5OS. The van der Waals surface area contributed by atoms with Crippen LogP contribution in [-0.2, 0) is 4.79 Å². The van der Waals surface area contributed by atoms with Crippen LogP contribution in [0.5, 0.6) is 0 Å². The van der Waals surface area contributed by atoms with Crippen LogP contribution < -0.4 is 5.32 Å². The number of anilines is 1. The highest BCUT2D eigenvalue weighted by Gasteiger charge is 2.19. The van der Waals surface area contributed by atoms with E-state index in [1.54, 1.807) is 4.68 Å². The predicted octanol–water partition coefficient (Wildman–Crippen LogP) is 3.40. The molecule has 7 heteroatoms. The molecule has 128 valence electrons. The maximum atomic E-state index is 12.4. The molecular weight excluding hydrogens is 334 g/mol. The highest BCUT2D eigenvalue weighted by atomic mass is 32.2. The molecule has 0 spiro atoms. The lowest BCUT2D eigenvalue weighted by molar-refractivity contribution is -0.115. The van der Waals surface area contributed by atoms with Crippen LogP contribution in [0.1, 0.15) is 18.1 Å². The molecule has 0 aliphatic heterocycles. The van der Waals surface area contributed by atoms with Gasteiger partial charge >= 0.3 is 0 Å². The van der Waals surface area contributed by atoms with E-state index in [1.165, 1.54) is 11.8 Å². The SMILES string of the molecule is Cc1ccc(-n2nnnc2S[C@H](C)C(=O)Nc2cccc(C)c2)cc1. The molecule has 0 unspecified atom stereocenters. The number of hydrogen-bond acceptors (Lipinski definition) is 5. The number of nitrogens with one attached hydrogen (secondary N) is 1. The normalized spacial score (nSPS) is 12.0. The van der Waals surface area contributed by atoms with Crippen LogP contribution in [0.4, 0.5) is 5.69 Å². The summed E-state index contributed by atoms with van der Waals surface area (Å²) in [4.78, 5) is 12.4. The quantitative estimate of drug-likeness (QED) is 0.712. The van der Waals surface area contributed by atoms with Gasteiger partial charge in [0.15, 0.2) is 0 Å². The molecule has 0 aliphatic rings. The van der Waals surface area contributed by atoms with Crippen molar-refractivity contribution in [1.82, 2.24) is 20.2 Å². The summed E-state index contributed by atoms with van der Waals surface area (Å²) >= 11 is 1.32. The van der Waals surface area contributed by atoms with E-state index in [-0.39, 0.29) is 11.2 Å². The molecule has 1 heterocycles. The van der Waals surface area contributed by atoms with Crippen molar-refractivity contribution < 1.29 is 4.79 Å². The van der Waals surface area contributed by atoms with E-state index in [0.717, 1.165) is 22.5 Å². The first-order valence-corrected chi connectivity index (χ1v) is 8.80. The minimum Gasteiger partial charge on any atom is -0.325 e. The summed E-state index contributed by atoms with van der Waals surface area (Å²) in [6, 6.07) is 15.6. The Bertz CT molecular complexity index is 875. The molecule has 1 N–H and O–H groups in total. The van der Waals surface area contributed by atoms with Crippen LogP contribution in [0.3, 0.4) is 0 Å². The third-order valence-electron chi connectivity index (χ3n) is 3.66. The van der Waals surface area contributed by atoms with E-state index >= 15 is 0 Å². The van der Waals surface area contributed by atoms with E-state index < -0.39 is 0 Å². The van der Waals surface area contributed by atoms with Crippen molar-refractivity contribution in [3.8, 4) is 5.69 Å². The molecule has 2 aromatic carbocycles. The van der Waals surface area contributed by atoms with Crippen LogP contribution in [0.25, 0.3) is 5.69 Å². The van der Waals surface area contributed by atoms with E-state index in [0.29, 0.717) is 5.16 Å². The number of rotatable bonds is 5. The van der Waals surface area contributed by atoms with Crippen LogP contribution in [0, 0.1) is 13.8 Å². The fraction of sp³-hybridized carbons (Fsp3) is 0.222. The van der Waals surface area contributed by atoms with Crippen molar-refractivity contribution in [3.63, 3.8) is 0 Å². The molecule has 6 nitrogen and oxygen atoms in total. The van der Waals surface area contributed by atoms with E-state index in [9.17, 15) is 4.79 Å². The van der Waals surface area contributed by atoms with Gasteiger partial charge in [0.2, 0.25) is 11.1 Å². The van der Waals surface area contributed by atoms with Gasteiger partial charge in [-0.3, -0.25) is 4.79 Å². The number of tetrazole rings is 1. The zero-order valence-electron chi connectivity index (χ0n) is 14.3. The smallest absolute Gasteiger partial charge is 0.237 e. The Balaban J connectivity index is 1.71. The van der Waals surface area contributed by atoms with Gasteiger partial charge in [0.25, 0.3) is 0 Å². The Morgan fingerprint density at radius 2 is 1.88 bits per heavy atom. The van der Waals surface area contributed by atoms with Gasteiger partial charge in [0, 0.05) is 5.69 Å². The first kappa shape index (κ1) is 17.2. The third-order valence-corrected chi connectivity index (χ3v) is 4.69. The average Bonchev–Trinajstić information content (AvgIpc) is 3.03. The molecule has 0 radical (unpaired) electrons. The molecule has 25 heavy (non-hydrogen) atoms. The molecule has 1 atom stereocenters. The largest absolute Gasteiger partial charge is 0.325 e. The average molecular weight is 353 g/mol. The number of aromatic nitrogens is 4. The molecule has 3 aromatic rings. The van der Waals surface area contributed by atoms with Crippen molar-refractivity contribution in [2.24, 2.45) is 0 Å². The summed E-state index contributed by atoms with van der Waals surface area (Å²) in [6.07, 6.45) is 0. The number of nitrogens with zero attached hydrogens (tertiary/aromatic N) is 4. The highest BCUT2D eigenvalue weighted by Crippen LogP contribution is 2.24. The van der Waals surface area contributed by atoms with E-state index in [1.807, 2.05) is 69.3 Å². The lowest BCUT2D eigenvalue weighted by atomic mass is 10.2. The van der Waals surface area contributed by atoms with Gasteiger partial charge < -0.3 is 5.32 Å². The summed E-state index contributed by atoms with van der Waals surface area (Å²) < 4.78 is 1.64. The molecule has 0 saturated carbocycles. The molecule has 0 fully saturated rings. The first-order chi connectivity index (χ1) is 12.0. The van der Waals surface area contributed by atoms with Crippen LogP contribution >= 0.6 is 11.8 Å². The summed E-state index contributed by atoms with van der Waals surface area (Å²) in [6.45, 7) is 5.85. The predicted molar refractivity (Wildman–Crippen MR) is 99.0 cm³/mol. The Hall–Kier alpha value is -2.67. The second kappa shape index (κ2) is 7.48. The van der Waals surface area contributed by atoms with Gasteiger partial charge in [-0.1, -0.05) is 41.6 Å². The number of amides is 1. The van der Waals surface area contributed by atoms with Gasteiger partial charge in [-0.15, -0.1) is 5.10 Å². The van der Waals surface area contributed by atoms with Gasteiger partial charge in [-0.2, -0.15) is 4.68 Å². The monoisotopic (exact) mass is 353 g/mol. The summed E-state index contributed by atoms with van der Waals surface area (Å²) in [5.74, 6) is -0.0888. The van der Waals surface area contributed by atoms with Gasteiger partial charge in [0.1, 0.15) is 0 Å². The maximum absolute atomic E-state index is 12.4. The van der Waals surface area contributed by atoms with Crippen molar-refractivity contribution >= 4 is 23.4 Å². The number of hydrogen-bond donors (Lipinski definition) is 1. The van der Waals surface area contributed by atoms with Gasteiger partial charge in [0.05, 0.1) is 10.9 Å². The summed E-state index contributed by atoms with van der Waals surface area (Å²) in [5.41, 5.74) is 3.92. The van der Waals surface area contributed by atoms with Crippen LogP contribution in [0.2, 0.25) is 0 Å². The fourth-order valence-corrected chi connectivity index (χ4v) is 3.09. The minimum absolute atomic E-state index is 0.0888. The van der Waals surface area contributed by atoms with Crippen molar-refractivity contribution in [1.29, 1.82) is 0 Å². The van der Waals surface area contributed by atoms with Gasteiger partial charge in [-0.25, -0.2) is 0 Å². The standard InChI is InChI=1S/C18H19N5OS/c1-12-7-9-16(10-8-12)23-18(20-21-22-23)25-14(3)17(24)19-15-6-4-5-13(2)11-15/h4-11,14H,1-3H3,(H,19,24)/t14-/m1/s1. The molecule has 1 amide bonds. The van der Waals surface area contributed by atoms with Crippen LogP contribution in [-0.4, -0.2) is 31.4 Å². The fourth-order valence-electron chi connectivity index (χ4n) is 2.28. The molecule has 0 aliphatic carbocycles. The maximum Gasteiger partial charge on any atom is 0.237 e. The second-order valence-electron chi connectivity index (χ2n) is 5.83. The van der Waals surface area contributed by atoms with E-state index in [4.69, 9.17) is 0 Å². The zero-order chi connectivity index (χ0) is 17.8. The first-order valence-electron chi connectivity index (χ1n) is 7.92.